The summed E-state index contributed by atoms with van der Waals surface area (Å²) in [6.45, 7) is 0.771. The van der Waals surface area contributed by atoms with Crippen LogP contribution in [0.25, 0.3) is 10.4 Å². The molecule has 0 N–H and O–H groups in total. The van der Waals surface area contributed by atoms with E-state index in [0.29, 0.717) is 11.1 Å². The zero-order valence-electron chi connectivity index (χ0n) is 14.2. The van der Waals surface area contributed by atoms with Crippen molar-refractivity contribution in [3.05, 3.63) is 85.3 Å². The van der Waals surface area contributed by atoms with Crippen LogP contribution in [0.3, 0.4) is 0 Å². The molecule has 0 atom stereocenters. The number of carbonyl (C=O) groups is 2. The van der Waals surface area contributed by atoms with Gasteiger partial charge < -0.3 is 9.57 Å². The van der Waals surface area contributed by atoms with E-state index in [1.54, 1.807) is 12.1 Å². The van der Waals surface area contributed by atoms with E-state index in [1.165, 1.54) is 37.3 Å². The third-order valence-corrected chi connectivity index (χ3v) is 3.44. The molecule has 0 aromatic heterocycles. The van der Waals surface area contributed by atoms with Gasteiger partial charge in [-0.05, 0) is 28.8 Å². The molecule has 0 radical (unpaired) electrons. The maximum Gasteiger partial charge on any atom is 0.308 e. The summed E-state index contributed by atoms with van der Waals surface area (Å²) in [6.07, 6.45) is 0. The lowest BCUT2D eigenvalue weighted by atomic mass is 9.96. The van der Waals surface area contributed by atoms with Gasteiger partial charge in [0, 0.05) is 17.4 Å². The third-order valence-electron chi connectivity index (χ3n) is 3.44. The smallest absolute Gasteiger partial charge is 0.308 e. The highest BCUT2D eigenvalue weighted by Crippen LogP contribution is 2.25. The van der Waals surface area contributed by atoms with Gasteiger partial charge in [-0.25, -0.2) is 0 Å². The van der Waals surface area contributed by atoms with Crippen LogP contribution in [0.2, 0.25) is 0 Å². The fourth-order valence-corrected chi connectivity index (χ4v) is 2.37. The number of para-hydroxylation sites is 1. The molecule has 2 aromatic carbocycles. The van der Waals surface area contributed by atoms with Crippen molar-refractivity contribution in [3.63, 3.8) is 0 Å². The fraction of sp³-hybridized carbons (Fsp3) is 0.176. The van der Waals surface area contributed by atoms with Gasteiger partial charge in [0.1, 0.15) is 12.4 Å². The van der Waals surface area contributed by atoms with Gasteiger partial charge in [-0.2, -0.15) is 0 Å². The van der Waals surface area contributed by atoms with E-state index in [9.17, 15) is 19.7 Å². The number of hydrogen-bond acceptors (Lipinski definition) is 7. The minimum atomic E-state index is -0.929. The summed E-state index contributed by atoms with van der Waals surface area (Å²) >= 11 is 0. The van der Waals surface area contributed by atoms with Crippen molar-refractivity contribution >= 4 is 11.8 Å². The Labute approximate surface area is 153 Å². The summed E-state index contributed by atoms with van der Waals surface area (Å²) in [5, 5.41) is 12.9. The second kappa shape index (κ2) is 8.97. The van der Waals surface area contributed by atoms with Gasteiger partial charge in [0.05, 0.1) is 12.1 Å². The minimum Gasteiger partial charge on any atom is -0.426 e. The molecule has 0 saturated heterocycles. The first-order chi connectivity index (χ1) is 12.9. The zero-order chi connectivity index (χ0) is 19.8. The molecule has 2 aromatic rings. The Morgan fingerprint density at radius 3 is 2.63 bits per heavy atom. The van der Waals surface area contributed by atoms with Crippen molar-refractivity contribution in [3.8, 4) is 5.75 Å². The van der Waals surface area contributed by atoms with Crippen LogP contribution in [0.1, 0.15) is 34.0 Å². The third kappa shape index (κ3) is 5.28. The van der Waals surface area contributed by atoms with E-state index in [0.717, 1.165) is 0 Å². The molecular formula is C17H14N4O6. The number of carbonyl (C=O) groups excluding carboxylic acids is 2. The van der Waals surface area contributed by atoms with Crippen LogP contribution >= 0.6 is 0 Å². The second-order valence-electron chi connectivity index (χ2n) is 5.30. The van der Waals surface area contributed by atoms with Crippen LogP contribution < -0.4 is 4.74 Å². The molecule has 0 saturated carbocycles. The molecule has 0 spiro atoms. The first-order valence-corrected chi connectivity index (χ1v) is 7.64. The van der Waals surface area contributed by atoms with E-state index in [1.807, 2.05) is 0 Å². The van der Waals surface area contributed by atoms with Gasteiger partial charge in [0.15, 0.2) is 5.78 Å². The predicted molar refractivity (Wildman–Crippen MR) is 92.3 cm³/mol. The Bertz CT molecular complexity index is 937. The van der Waals surface area contributed by atoms with Crippen molar-refractivity contribution in [1.29, 1.82) is 0 Å². The summed E-state index contributed by atoms with van der Waals surface area (Å²) in [5.74, 6) is -0.918. The van der Waals surface area contributed by atoms with Gasteiger partial charge in [-0.1, -0.05) is 35.4 Å². The number of azide groups is 1. The van der Waals surface area contributed by atoms with Crippen LogP contribution in [-0.2, 0) is 22.8 Å². The van der Waals surface area contributed by atoms with Gasteiger partial charge in [-0.3, -0.25) is 9.59 Å². The summed E-state index contributed by atoms with van der Waals surface area (Å²) in [6, 6.07) is 10.7. The Kier molecular flexibility index (Phi) is 6.45. The maximum atomic E-state index is 12.9. The van der Waals surface area contributed by atoms with Crippen LogP contribution in [0.5, 0.6) is 5.75 Å². The van der Waals surface area contributed by atoms with Crippen LogP contribution in [0.15, 0.2) is 47.6 Å². The SMILES string of the molecule is CC(=O)Oc1ccccc1C(=O)c1ccc(CO[N+](=O)[O-])cc1CN=[N+]=[N-]. The molecule has 0 unspecified atom stereocenters. The fourth-order valence-electron chi connectivity index (χ4n) is 2.37. The topological polar surface area (TPSA) is 145 Å². The Balaban J connectivity index is 2.44. The number of benzene rings is 2. The van der Waals surface area contributed by atoms with E-state index < -0.39 is 16.8 Å². The van der Waals surface area contributed by atoms with E-state index in [2.05, 4.69) is 14.9 Å². The largest absolute Gasteiger partial charge is 0.426 e. The lowest BCUT2D eigenvalue weighted by molar-refractivity contribution is -0.763. The van der Waals surface area contributed by atoms with Crippen molar-refractivity contribution in [2.75, 3.05) is 0 Å². The molecule has 0 fully saturated rings. The lowest BCUT2D eigenvalue weighted by Crippen LogP contribution is -2.11. The molecule has 0 bridgehead atoms. The summed E-state index contributed by atoms with van der Waals surface area (Å²) < 4.78 is 5.06. The quantitative estimate of drug-likeness (QED) is 0.102. The number of nitrogens with zero attached hydrogens (tertiary/aromatic N) is 4. The molecule has 27 heavy (non-hydrogen) atoms. The molecule has 10 heteroatoms. The number of ketones is 1. The monoisotopic (exact) mass is 370 g/mol. The van der Waals surface area contributed by atoms with Gasteiger partial charge in [-0.15, -0.1) is 10.1 Å². The van der Waals surface area contributed by atoms with Crippen molar-refractivity contribution in [2.24, 2.45) is 5.11 Å². The maximum absolute atomic E-state index is 12.9. The normalized spacial score (nSPS) is 9.81. The van der Waals surface area contributed by atoms with Gasteiger partial charge >= 0.3 is 5.97 Å². The molecule has 0 aliphatic carbocycles. The molecule has 138 valence electrons. The van der Waals surface area contributed by atoms with Crippen LogP contribution in [-0.4, -0.2) is 16.8 Å². The zero-order valence-corrected chi connectivity index (χ0v) is 14.2. The molecule has 2 rings (SSSR count). The average molecular weight is 370 g/mol. The number of rotatable bonds is 8. The average Bonchev–Trinajstić information content (AvgIpc) is 2.64. The highest BCUT2D eigenvalue weighted by atomic mass is 16.9. The Hall–Kier alpha value is -3.91. The molecule has 0 heterocycles. The van der Waals surface area contributed by atoms with Crippen molar-refractivity contribution in [1.82, 2.24) is 0 Å². The van der Waals surface area contributed by atoms with Crippen molar-refractivity contribution < 1.29 is 24.3 Å². The van der Waals surface area contributed by atoms with Crippen LogP contribution in [0, 0.1) is 10.1 Å². The molecular weight excluding hydrogens is 356 g/mol. The first kappa shape index (κ1) is 19.4. The summed E-state index contributed by atoms with van der Waals surface area (Å²) in [5.41, 5.74) is 9.73. The number of ether oxygens (including phenoxy) is 1. The van der Waals surface area contributed by atoms with E-state index in [4.69, 9.17) is 10.3 Å². The second-order valence-corrected chi connectivity index (χ2v) is 5.30. The summed E-state index contributed by atoms with van der Waals surface area (Å²) in [4.78, 5) is 41.5. The Morgan fingerprint density at radius 1 is 1.22 bits per heavy atom. The molecule has 0 aliphatic heterocycles. The highest BCUT2D eigenvalue weighted by molar-refractivity contribution is 6.11. The molecule has 0 amide bonds. The summed E-state index contributed by atoms with van der Waals surface area (Å²) in [7, 11) is 0. The van der Waals surface area contributed by atoms with Crippen molar-refractivity contribution in [2.45, 2.75) is 20.1 Å². The number of esters is 1. The number of hydrogen-bond donors (Lipinski definition) is 0. The van der Waals surface area contributed by atoms with Crippen LogP contribution in [0.4, 0.5) is 0 Å². The predicted octanol–water partition coefficient (Wildman–Crippen LogP) is 3.36. The highest BCUT2D eigenvalue weighted by Gasteiger charge is 2.19. The Morgan fingerprint density at radius 2 is 1.96 bits per heavy atom. The van der Waals surface area contributed by atoms with Gasteiger partial charge in [0.2, 0.25) is 0 Å². The first-order valence-electron chi connectivity index (χ1n) is 7.64. The standard InChI is InChI=1S/C17H14N4O6/c1-11(22)27-16-5-3-2-4-15(16)17(23)14-7-6-12(10-26-21(24)25)8-13(14)9-19-20-18/h2-8H,9-10H2,1H3. The minimum absolute atomic E-state index is 0.102. The molecule has 0 aliphatic rings. The molecule has 10 nitrogen and oxygen atoms in total. The lowest BCUT2D eigenvalue weighted by Gasteiger charge is -2.12. The van der Waals surface area contributed by atoms with E-state index >= 15 is 0 Å². The van der Waals surface area contributed by atoms with E-state index in [-0.39, 0.29) is 30.0 Å². The van der Waals surface area contributed by atoms with Gasteiger partial charge in [0.25, 0.3) is 5.09 Å².